The highest BCUT2D eigenvalue weighted by Gasteiger charge is 2.39. The Hall–Kier alpha value is -2.08. The molecule has 1 saturated heterocycles. The monoisotopic (exact) mass is 374 g/mol. The van der Waals surface area contributed by atoms with Crippen molar-refractivity contribution in [3.8, 4) is 5.75 Å². The summed E-state index contributed by atoms with van der Waals surface area (Å²) >= 11 is 0. The molecule has 0 aromatic heterocycles. The lowest BCUT2D eigenvalue weighted by atomic mass is 9.74. The average molecular weight is 374 g/mol. The van der Waals surface area contributed by atoms with Crippen molar-refractivity contribution in [2.24, 2.45) is 16.5 Å². The van der Waals surface area contributed by atoms with Crippen molar-refractivity contribution in [3.05, 3.63) is 29.8 Å². The predicted molar refractivity (Wildman–Crippen MR) is 104 cm³/mol. The van der Waals surface area contributed by atoms with Crippen molar-refractivity contribution in [2.75, 3.05) is 26.8 Å². The van der Waals surface area contributed by atoms with E-state index in [0.29, 0.717) is 25.4 Å². The minimum absolute atomic E-state index is 0.0160. The SMILES string of the molecule is COc1cccc(CC2(CO)CCN(C(=O)[C@H]3CC(C(C)C)=NO3)CC2)c1. The van der Waals surface area contributed by atoms with Gasteiger partial charge in [-0.3, -0.25) is 4.79 Å². The van der Waals surface area contributed by atoms with Crippen molar-refractivity contribution in [1.29, 1.82) is 0 Å². The fraction of sp³-hybridized carbons (Fsp3) is 0.619. The van der Waals surface area contributed by atoms with Crippen LogP contribution in [0.3, 0.4) is 0 Å². The molecule has 6 heteroatoms. The summed E-state index contributed by atoms with van der Waals surface area (Å²) in [6.45, 7) is 5.52. The average Bonchev–Trinajstić information content (AvgIpc) is 3.19. The zero-order valence-electron chi connectivity index (χ0n) is 16.5. The van der Waals surface area contributed by atoms with Gasteiger partial charge < -0.3 is 19.6 Å². The number of hydrogen-bond acceptors (Lipinski definition) is 5. The molecule has 3 rings (SSSR count). The van der Waals surface area contributed by atoms with Gasteiger partial charge in [0, 0.05) is 31.5 Å². The number of benzene rings is 1. The van der Waals surface area contributed by atoms with Crippen molar-refractivity contribution < 1.29 is 19.5 Å². The van der Waals surface area contributed by atoms with Gasteiger partial charge in [-0.1, -0.05) is 31.1 Å². The van der Waals surface area contributed by atoms with E-state index in [4.69, 9.17) is 9.57 Å². The Bertz CT molecular complexity index is 693. The molecule has 1 N–H and O–H groups in total. The van der Waals surface area contributed by atoms with Gasteiger partial charge in [0.15, 0.2) is 0 Å². The van der Waals surface area contributed by atoms with Crippen molar-refractivity contribution in [1.82, 2.24) is 4.90 Å². The zero-order valence-corrected chi connectivity index (χ0v) is 16.5. The quantitative estimate of drug-likeness (QED) is 0.831. The molecule has 148 valence electrons. The van der Waals surface area contributed by atoms with Crippen LogP contribution in [-0.4, -0.2) is 54.5 Å². The minimum atomic E-state index is -0.484. The first-order valence-corrected chi connectivity index (χ1v) is 9.71. The number of amides is 1. The van der Waals surface area contributed by atoms with Gasteiger partial charge in [0.05, 0.1) is 12.8 Å². The molecule has 0 radical (unpaired) electrons. The molecule has 1 fully saturated rings. The minimum Gasteiger partial charge on any atom is -0.497 e. The second-order valence-electron chi connectivity index (χ2n) is 8.05. The molecule has 1 amide bonds. The van der Waals surface area contributed by atoms with Crippen LogP contribution in [0.5, 0.6) is 5.75 Å². The summed E-state index contributed by atoms with van der Waals surface area (Å²) in [7, 11) is 1.66. The van der Waals surface area contributed by atoms with E-state index in [2.05, 4.69) is 25.1 Å². The number of hydrogen-bond donors (Lipinski definition) is 1. The molecule has 0 aliphatic carbocycles. The summed E-state index contributed by atoms with van der Waals surface area (Å²) in [6, 6.07) is 7.98. The molecule has 0 bridgehead atoms. The Morgan fingerprint density at radius 1 is 1.41 bits per heavy atom. The maximum Gasteiger partial charge on any atom is 0.266 e. The summed E-state index contributed by atoms with van der Waals surface area (Å²) in [5, 5.41) is 14.2. The number of methoxy groups -OCH3 is 1. The number of likely N-dealkylation sites (tertiary alicyclic amines) is 1. The van der Waals surface area contributed by atoms with E-state index in [1.54, 1.807) is 7.11 Å². The zero-order chi connectivity index (χ0) is 19.4. The molecule has 27 heavy (non-hydrogen) atoms. The number of rotatable bonds is 6. The first-order chi connectivity index (χ1) is 13.0. The van der Waals surface area contributed by atoms with Crippen LogP contribution in [-0.2, 0) is 16.1 Å². The summed E-state index contributed by atoms with van der Waals surface area (Å²) in [4.78, 5) is 20.0. The Kier molecular flexibility index (Phi) is 6.05. The molecular formula is C21H30N2O4. The third kappa shape index (κ3) is 4.43. The van der Waals surface area contributed by atoms with Crippen molar-refractivity contribution in [2.45, 2.75) is 45.6 Å². The van der Waals surface area contributed by atoms with E-state index < -0.39 is 6.10 Å². The van der Waals surface area contributed by atoms with E-state index in [-0.39, 0.29) is 17.9 Å². The van der Waals surface area contributed by atoms with Crippen LogP contribution in [0, 0.1) is 11.3 Å². The van der Waals surface area contributed by atoms with E-state index >= 15 is 0 Å². The molecule has 2 aliphatic heterocycles. The fourth-order valence-corrected chi connectivity index (χ4v) is 3.88. The lowest BCUT2D eigenvalue weighted by molar-refractivity contribution is -0.145. The first-order valence-electron chi connectivity index (χ1n) is 9.71. The third-order valence-corrected chi connectivity index (χ3v) is 5.82. The summed E-state index contributed by atoms with van der Waals surface area (Å²) < 4.78 is 5.30. The van der Waals surface area contributed by atoms with Gasteiger partial charge in [0.2, 0.25) is 6.10 Å². The lowest BCUT2D eigenvalue weighted by Crippen LogP contribution is -2.48. The first kappa shape index (κ1) is 19.7. The van der Waals surface area contributed by atoms with E-state index in [1.807, 2.05) is 23.1 Å². The Morgan fingerprint density at radius 2 is 2.15 bits per heavy atom. The molecule has 6 nitrogen and oxygen atoms in total. The molecule has 0 saturated carbocycles. The second-order valence-corrected chi connectivity index (χ2v) is 8.05. The summed E-state index contributed by atoms with van der Waals surface area (Å²) in [6.07, 6.45) is 2.43. The largest absolute Gasteiger partial charge is 0.497 e. The normalized spacial score (nSPS) is 21.7. The topological polar surface area (TPSA) is 71.4 Å². The highest BCUT2D eigenvalue weighted by molar-refractivity contribution is 5.93. The number of nitrogens with zero attached hydrogens (tertiary/aromatic N) is 2. The number of carbonyl (C=O) groups is 1. The van der Waals surface area contributed by atoms with Crippen LogP contribution in [0.2, 0.25) is 0 Å². The van der Waals surface area contributed by atoms with Gasteiger partial charge in [-0.15, -0.1) is 0 Å². The van der Waals surface area contributed by atoms with E-state index in [1.165, 1.54) is 0 Å². The lowest BCUT2D eigenvalue weighted by Gasteiger charge is -2.41. The number of aliphatic hydroxyl groups is 1. The number of ether oxygens (including phenoxy) is 1. The van der Waals surface area contributed by atoms with Crippen LogP contribution in [0.15, 0.2) is 29.4 Å². The highest BCUT2D eigenvalue weighted by atomic mass is 16.6. The smallest absolute Gasteiger partial charge is 0.266 e. The maximum absolute atomic E-state index is 12.8. The Balaban J connectivity index is 1.58. The predicted octanol–water partition coefficient (Wildman–Crippen LogP) is 2.64. The van der Waals surface area contributed by atoms with Gasteiger partial charge in [-0.2, -0.15) is 0 Å². The van der Waals surface area contributed by atoms with Crippen LogP contribution in [0.25, 0.3) is 0 Å². The van der Waals surface area contributed by atoms with E-state index in [9.17, 15) is 9.90 Å². The number of carbonyl (C=O) groups excluding carboxylic acids is 1. The summed E-state index contributed by atoms with van der Waals surface area (Å²) in [5.41, 5.74) is 1.91. The molecule has 2 heterocycles. The standard InChI is InChI=1S/C21H30N2O4/c1-15(2)18-12-19(27-22-18)20(25)23-9-7-21(14-24,8-10-23)13-16-5-4-6-17(11-16)26-3/h4-6,11,15,19,24H,7-10,12-14H2,1-3H3/t19-/m1/s1. The Morgan fingerprint density at radius 3 is 2.74 bits per heavy atom. The highest BCUT2D eigenvalue weighted by Crippen LogP contribution is 2.36. The van der Waals surface area contributed by atoms with Gasteiger partial charge in [-0.25, -0.2) is 0 Å². The molecule has 2 aliphatic rings. The summed E-state index contributed by atoms with van der Waals surface area (Å²) in [5.74, 6) is 1.14. The number of aliphatic hydroxyl groups excluding tert-OH is 1. The van der Waals surface area contributed by atoms with Crippen molar-refractivity contribution in [3.63, 3.8) is 0 Å². The molecule has 1 atom stereocenters. The molecule has 1 aromatic carbocycles. The van der Waals surface area contributed by atoms with E-state index in [0.717, 1.165) is 36.3 Å². The molecule has 0 spiro atoms. The molecular weight excluding hydrogens is 344 g/mol. The third-order valence-electron chi connectivity index (χ3n) is 5.82. The number of piperidine rings is 1. The van der Waals surface area contributed by atoms with Crippen LogP contribution < -0.4 is 4.74 Å². The van der Waals surface area contributed by atoms with Gasteiger partial charge in [0.25, 0.3) is 5.91 Å². The van der Waals surface area contributed by atoms with Crippen LogP contribution in [0.1, 0.15) is 38.7 Å². The molecule has 0 unspecified atom stereocenters. The maximum atomic E-state index is 12.8. The van der Waals surface area contributed by atoms with Gasteiger partial charge in [-0.05, 0) is 42.9 Å². The van der Waals surface area contributed by atoms with Gasteiger partial charge >= 0.3 is 0 Å². The Labute approximate surface area is 161 Å². The number of oxime groups is 1. The second kappa shape index (κ2) is 8.30. The molecule has 1 aromatic rings. The van der Waals surface area contributed by atoms with Crippen molar-refractivity contribution >= 4 is 11.6 Å². The van der Waals surface area contributed by atoms with Crippen LogP contribution in [0.4, 0.5) is 0 Å². The van der Waals surface area contributed by atoms with Crippen LogP contribution >= 0.6 is 0 Å². The van der Waals surface area contributed by atoms with Gasteiger partial charge in [0.1, 0.15) is 5.75 Å². The fourth-order valence-electron chi connectivity index (χ4n) is 3.88.